The number of aromatic nitrogens is 1. The van der Waals surface area contributed by atoms with E-state index in [1.54, 1.807) is 6.20 Å². The molecule has 0 N–H and O–H groups in total. The molecule has 1 aromatic heterocycles. The van der Waals surface area contributed by atoms with Gasteiger partial charge in [-0.2, -0.15) is 0 Å². The average Bonchev–Trinajstić information content (AvgIpc) is 1.69. The summed E-state index contributed by atoms with van der Waals surface area (Å²) in [5, 5.41) is 0. The molecule has 1 heterocycles. The van der Waals surface area contributed by atoms with E-state index in [0.717, 1.165) is 3.91 Å². The van der Waals surface area contributed by atoms with Crippen LogP contribution in [0.3, 0.4) is 0 Å². The van der Waals surface area contributed by atoms with Gasteiger partial charge in [0, 0.05) is 0 Å². The van der Waals surface area contributed by atoms with Crippen molar-refractivity contribution in [2.75, 3.05) is 0 Å². The van der Waals surface area contributed by atoms with Crippen LogP contribution in [0.15, 0.2) is 24.4 Å². The second-order valence-corrected chi connectivity index (χ2v) is 2.22. The van der Waals surface area contributed by atoms with Crippen molar-refractivity contribution in [1.29, 1.82) is 0 Å². The van der Waals surface area contributed by atoms with Gasteiger partial charge in [-0.3, -0.25) is 0 Å². The summed E-state index contributed by atoms with van der Waals surface area (Å²) in [5.41, 5.74) is 0. The van der Waals surface area contributed by atoms with Crippen molar-refractivity contribution in [2.24, 2.45) is 0 Å². The molecular formula is C5H4AuN. The van der Waals surface area contributed by atoms with E-state index in [1.165, 1.54) is 0 Å². The van der Waals surface area contributed by atoms with E-state index in [2.05, 4.69) is 26.1 Å². The molecule has 0 aromatic carbocycles. The number of nitrogens with zero attached hydrogens (tertiary/aromatic N) is 1. The van der Waals surface area contributed by atoms with Crippen LogP contribution in [0, 0.1) is 0 Å². The summed E-state index contributed by atoms with van der Waals surface area (Å²) in [5.74, 6) is 0. The molecule has 1 nitrogen and oxygen atoms in total. The van der Waals surface area contributed by atoms with E-state index in [1.807, 2.05) is 18.2 Å². The van der Waals surface area contributed by atoms with Gasteiger partial charge in [-0.25, -0.2) is 0 Å². The van der Waals surface area contributed by atoms with Crippen molar-refractivity contribution >= 4 is 3.91 Å². The molecule has 1 aromatic rings. The average molecular weight is 275 g/mol. The molecule has 0 radical (unpaired) electrons. The summed E-state index contributed by atoms with van der Waals surface area (Å²) < 4.78 is 1.02. The number of rotatable bonds is 0. The minimum absolute atomic E-state index is 1.02. The molecule has 0 amide bonds. The Labute approximate surface area is 54.7 Å². The second-order valence-electron chi connectivity index (χ2n) is 1.11. The molecule has 0 saturated heterocycles. The first-order valence-corrected chi connectivity index (χ1v) is 3.00. The van der Waals surface area contributed by atoms with Crippen LogP contribution in [-0.4, -0.2) is 4.98 Å². The van der Waals surface area contributed by atoms with Gasteiger partial charge in [-0.1, -0.05) is 0 Å². The molecule has 0 unspecified atom stereocenters. The van der Waals surface area contributed by atoms with Crippen molar-refractivity contribution < 1.29 is 21.1 Å². The van der Waals surface area contributed by atoms with E-state index in [9.17, 15) is 0 Å². The van der Waals surface area contributed by atoms with E-state index in [4.69, 9.17) is 0 Å². The quantitative estimate of drug-likeness (QED) is 0.619. The van der Waals surface area contributed by atoms with Gasteiger partial charge in [0.15, 0.2) is 0 Å². The maximum atomic E-state index is 3.95. The first-order valence-electron chi connectivity index (χ1n) is 1.92. The SMILES string of the molecule is [Au][c]1ccccn1. The molecule has 0 aliphatic rings. The van der Waals surface area contributed by atoms with Gasteiger partial charge in [0.2, 0.25) is 0 Å². The zero-order valence-electron chi connectivity index (χ0n) is 3.56. The monoisotopic (exact) mass is 275 g/mol. The van der Waals surface area contributed by atoms with Crippen molar-refractivity contribution in [3.63, 3.8) is 0 Å². The fraction of sp³-hybridized carbons (Fsp3) is 0. The summed E-state index contributed by atoms with van der Waals surface area (Å²) in [7, 11) is 0. The van der Waals surface area contributed by atoms with Crippen LogP contribution in [0.2, 0.25) is 0 Å². The fourth-order valence-electron chi connectivity index (χ4n) is 0.329. The molecule has 0 bridgehead atoms. The van der Waals surface area contributed by atoms with E-state index >= 15 is 0 Å². The van der Waals surface area contributed by atoms with E-state index < -0.39 is 0 Å². The first kappa shape index (κ1) is 5.04. The molecular weight excluding hydrogens is 271 g/mol. The van der Waals surface area contributed by atoms with Gasteiger partial charge in [0.05, 0.1) is 0 Å². The Morgan fingerprint density at radius 2 is 2.29 bits per heavy atom. The van der Waals surface area contributed by atoms with Crippen LogP contribution in [0.5, 0.6) is 0 Å². The molecule has 7 heavy (non-hydrogen) atoms. The number of pyridine rings is 1. The Hall–Kier alpha value is -0.110. The molecule has 0 spiro atoms. The number of hydrogen-bond acceptors (Lipinski definition) is 1. The van der Waals surface area contributed by atoms with Crippen LogP contribution in [0.1, 0.15) is 0 Å². The predicted molar refractivity (Wildman–Crippen MR) is 23.9 cm³/mol. The minimum atomic E-state index is 1.02. The fourth-order valence-corrected chi connectivity index (χ4v) is 0.699. The van der Waals surface area contributed by atoms with Crippen molar-refractivity contribution in [2.45, 2.75) is 0 Å². The normalized spacial score (nSPS) is 8.86. The number of hydrogen-bond donors (Lipinski definition) is 0. The molecule has 40 valence electrons. The summed E-state index contributed by atoms with van der Waals surface area (Å²) in [6.07, 6.45) is 1.77. The van der Waals surface area contributed by atoms with Gasteiger partial charge in [-0.15, -0.1) is 0 Å². The summed E-state index contributed by atoms with van der Waals surface area (Å²) in [6, 6.07) is 5.81. The Morgan fingerprint density at radius 3 is 2.57 bits per heavy atom. The van der Waals surface area contributed by atoms with Crippen LogP contribution in [0.25, 0.3) is 0 Å². The van der Waals surface area contributed by atoms with Gasteiger partial charge in [0.1, 0.15) is 0 Å². The summed E-state index contributed by atoms with van der Waals surface area (Å²) in [6.45, 7) is 0. The Bertz CT molecular complexity index is 138. The summed E-state index contributed by atoms with van der Waals surface area (Å²) in [4.78, 5) is 3.95. The van der Waals surface area contributed by atoms with Crippen LogP contribution >= 0.6 is 0 Å². The van der Waals surface area contributed by atoms with Gasteiger partial charge in [-0.05, 0) is 0 Å². The molecule has 0 aliphatic carbocycles. The predicted octanol–water partition coefficient (Wildman–Crippen LogP) is 0.254. The molecule has 0 fully saturated rings. The molecule has 2 heteroatoms. The van der Waals surface area contributed by atoms with Crippen molar-refractivity contribution in [3.8, 4) is 0 Å². The standard InChI is InChI=1S/C5H4N.Au/c1-2-4-6-5-3-1;/h1-4H;. The maximum absolute atomic E-state index is 3.95. The van der Waals surface area contributed by atoms with E-state index in [-0.39, 0.29) is 0 Å². The Balaban J connectivity index is 3.02. The molecule has 0 atom stereocenters. The molecule has 1 rings (SSSR count). The zero-order valence-corrected chi connectivity index (χ0v) is 5.72. The summed E-state index contributed by atoms with van der Waals surface area (Å²) >= 11 is 2.34. The van der Waals surface area contributed by atoms with E-state index in [0.29, 0.717) is 0 Å². The van der Waals surface area contributed by atoms with Crippen LogP contribution < -0.4 is 3.91 Å². The molecule has 0 saturated carbocycles. The van der Waals surface area contributed by atoms with Gasteiger partial charge < -0.3 is 0 Å². The van der Waals surface area contributed by atoms with Gasteiger partial charge >= 0.3 is 54.4 Å². The third-order valence-electron chi connectivity index (χ3n) is 0.606. The Morgan fingerprint density at radius 1 is 1.43 bits per heavy atom. The third-order valence-corrected chi connectivity index (χ3v) is 1.25. The first-order chi connectivity index (χ1) is 3.39. The van der Waals surface area contributed by atoms with Crippen LogP contribution in [0.4, 0.5) is 0 Å². The third kappa shape index (κ3) is 1.43. The van der Waals surface area contributed by atoms with Crippen molar-refractivity contribution in [1.82, 2.24) is 4.98 Å². The second kappa shape index (κ2) is 2.26. The molecule has 0 aliphatic heterocycles. The Kier molecular flexibility index (Phi) is 1.63. The van der Waals surface area contributed by atoms with Crippen molar-refractivity contribution in [3.05, 3.63) is 24.4 Å². The van der Waals surface area contributed by atoms with Crippen LogP contribution in [-0.2, 0) is 21.1 Å². The van der Waals surface area contributed by atoms with Gasteiger partial charge in [0.25, 0.3) is 0 Å². The zero-order chi connectivity index (χ0) is 5.11. The topological polar surface area (TPSA) is 12.9 Å².